The Morgan fingerprint density at radius 3 is 2.50 bits per heavy atom. The first-order chi connectivity index (χ1) is 9.69. The Balaban J connectivity index is 1.98. The van der Waals surface area contributed by atoms with E-state index in [4.69, 9.17) is 0 Å². The first kappa shape index (κ1) is 16.3. The van der Waals surface area contributed by atoms with Gasteiger partial charge in [0.2, 0.25) is 0 Å². The van der Waals surface area contributed by atoms with Gasteiger partial charge in [0.15, 0.2) is 0 Å². The van der Waals surface area contributed by atoms with Crippen molar-refractivity contribution in [1.82, 2.24) is 10.2 Å². The average molecular weight is 280 g/mol. The molecule has 1 heterocycles. The molecule has 1 atom stereocenters. The van der Waals surface area contributed by atoms with Gasteiger partial charge in [-0.25, -0.2) is 0 Å². The van der Waals surface area contributed by atoms with Crippen molar-refractivity contribution in [2.45, 2.75) is 78.2 Å². The maximum atomic E-state index is 3.67. The normalized spacial score (nSPS) is 36.1. The van der Waals surface area contributed by atoms with Crippen molar-refractivity contribution >= 4 is 0 Å². The maximum absolute atomic E-state index is 3.67. The molecule has 0 radical (unpaired) electrons. The van der Waals surface area contributed by atoms with Crippen LogP contribution in [0.3, 0.4) is 0 Å². The molecule has 0 aromatic carbocycles. The van der Waals surface area contributed by atoms with E-state index in [0.29, 0.717) is 5.41 Å². The van der Waals surface area contributed by atoms with Gasteiger partial charge in [-0.15, -0.1) is 0 Å². The molecular weight excluding hydrogens is 244 g/mol. The van der Waals surface area contributed by atoms with Crippen LogP contribution in [0.4, 0.5) is 0 Å². The summed E-state index contributed by atoms with van der Waals surface area (Å²) in [6.45, 7) is 12.1. The molecule has 2 heteroatoms. The summed E-state index contributed by atoms with van der Waals surface area (Å²) in [4.78, 5) is 2.84. The van der Waals surface area contributed by atoms with E-state index in [0.717, 1.165) is 18.5 Å². The number of hydrogen-bond acceptors (Lipinski definition) is 2. The van der Waals surface area contributed by atoms with E-state index in [-0.39, 0.29) is 0 Å². The first-order valence-corrected chi connectivity index (χ1v) is 9.14. The smallest absolute Gasteiger partial charge is 0.00928 e. The Kier molecular flexibility index (Phi) is 6.35. The van der Waals surface area contributed by atoms with Crippen LogP contribution in [0, 0.1) is 11.3 Å². The highest BCUT2D eigenvalue weighted by Gasteiger charge is 2.37. The number of rotatable bonds is 6. The molecule has 2 nitrogen and oxygen atoms in total. The van der Waals surface area contributed by atoms with Gasteiger partial charge in [-0.1, -0.05) is 40.0 Å². The molecule has 2 fully saturated rings. The van der Waals surface area contributed by atoms with Crippen molar-refractivity contribution in [3.8, 4) is 0 Å². The van der Waals surface area contributed by atoms with Gasteiger partial charge in [0.1, 0.15) is 0 Å². The van der Waals surface area contributed by atoms with Crippen LogP contribution in [0.1, 0.15) is 72.1 Å². The number of nitrogens with one attached hydrogen (secondary N) is 1. The molecule has 1 saturated carbocycles. The Bertz CT molecular complexity index is 263. The minimum atomic E-state index is 0.563. The van der Waals surface area contributed by atoms with Gasteiger partial charge in [-0.2, -0.15) is 0 Å². The van der Waals surface area contributed by atoms with Crippen LogP contribution in [-0.2, 0) is 0 Å². The van der Waals surface area contributed by atoms with Gasteiger partial charge >= 0.3 is 0 Å². The number of nitrogens with zero attached hydrogens (tertiary/aromatic N) is 1. The van der Waals surface area contributed by atoms with E-state index >= 15 is 0 Å². The second-order valence-electron chi connectivity index (χ2n) is 7.49. The summed E-state index contributed by atoms with van der Waals surface area (Å²) in [5, 5.41) is 3.67. The second-order valence-corrected chi connectivity index (χ2v) is 7.49. The summed E-state index contributed by atoms with van der Waals surface area (Å²) in [5.74, 6) is 0.952. The molecule has 118 valence electrons. The molecule has 0 bridgehead atoms. The zero-order valence-electron chi connectivity index (χ0n) is 14.1. The van der Waals surface area contributed by atoms with Gasteiger partial charge in [-0.3, -0.25) is 4.90 Å². The fourth-order valence-electron chi connectivity index (χ4n) is 4.32. The largest absolute Gasteiger partial charge is 0.316 e. The van der Waals surface area contributed by atoms with Crippen molar-refractivity contribution in [2.24, 2.45) is 11.3 Å². The fraction of sp³-hybridized carbons (Fsp3) is 1.00. The summed E-state index contributed by atoms with van der Waals surface area (Å²) in [6, 6.07) is 0.863. The average Bonchev–Trinajstić information content (AvgIpc) is 2.49. The third-order valence-electron chi connectivity index (χ3n) is 5.84. The molecule has 2 rings (SSSR count). The minimum Gasteiger partial charge on any atom is -0.316 e. The maximum Gasteiger partial charge on any atom is 0.00928 e. The van der Waals surface area contributed by atoms with E-state index in [1.54, 1.807) is 0 Å². The zero-order chi connectivity index (χ0) is 14.4. The molecule has 0 aromatic rings. The molecule has 2 aliphatic rings. The fourth-order valence-corrected chi connectivity index (χ4v) is 4.32. The Hall–Kier alpha value is -0.0800. The van der Waals surface area contributed by atoms with Crippen molar-refractivity contribution in [1.29, 1.82) is 0 Å². The highest BCUT2D eigenvalue weighted by atomic mass is 15.2. The molecule has 1 aliphatic carbocycles. The van der Waals surface area contributed by atoms with Gasteiger partial charge in [-0.05, 0) is 56.5 Å². The molecule has 0 spiro atoms. The molecular formula is C18H36N2. The Labute approximate surface area is 126 Å². The van der Waals surface area contributed by atoms with Crippen LogP contribution >= 0.6 is 0 Å². The van der Waals surface area contributed by atoms with Crippen molar-refractivity contribution in [2.75, 3.05) is 26.2 Å². The molecule has 20 heavy (non-hydrogen) atoms. The monoisotopic (exact) mass is 280 g/mol. The summed E-state index contributed by atoms with van der Waals surface area (Å²) in [7, 11) is 0. The van der Waals surface area contributed by atoms with Crippen LogP contribution in [0.2, 0.25) is 0 Å². The van der Waals surface area contributed by atoms with Gasteiger partial charge < -0.3 is 5.32 Å². The lowest BCUT2D eigenvalue weighted by Crippen LogP contribution is -2.50. The molecule has 1 aliphatic heterocycles. The summed E-state index contributed by atoms with van der Waals surface area (Å²) in [5.41, 5.74) is 0.563. The van der Waals surface area contributed by atoms with Crippen molar-refractivity contribution in [3.05, 3.63) is 0 Å². The predicted octanol–water partition coefficient (Wildman–Crippen LogP) is 4.06. The summed E-state index contributed by atoms with van der Waals surface area (Å²) in [6.07, 6.45) is 11.4. The van der Waals surface area contributed by atoms with Gasteiger partial charge in [0, 0.05) is 19.1 Å². The third kappa shape index (κ3) is 4.21. The van der Waals surface area contributed by atoms with Crippen molar-refractivity contribution in [3.63, 3.8) is 0 Å². The SMILES string of the molecule is CCNCC1(CN2CCCCC2CC)CCC(C)CC1. The molecule has 0 aromatic heterocycles. The first-order valence-electron chi connectivity index (χ1n) is 9.14. The molecule has 0 amide bonds. The number of likely N-dealkylation sites (tertiary alicyclic amines) is 1. The lowest BCUT2D eigenvalue weighted by molar-refractivity contribution is 0.0448. The quantitative estimate of drug-likeness (QED) is 0.789. The van der Waals surface area contributed by atoms with Gasteiger partial charge in [0.05, 0.1) is 0 Å². The van der Waals surface area contributed by atoms with E-state index in [2.05, 4.69) is 31.0 Å². The van der Waals surface area contributed by atoms with Crippen LogP contribution in [0.5, 0.6) is 0 Å². The second kappa shape index (κ2) is 7.79. The van der Waals surface area contributed by atoms with Crippen LogP contribution in [0.25, 0.3) is 0 Å². The third-order valence-corrected chi connectivity index (χ3v) is 5.84. The molecule has 1 saturated heterocycles. The minimum absolute atomic E-state index is 0.563. The Morgan fingerprint density at radius 2 is 1.85 bits per heavy atom. The van der Waals surface area contributed by atoms with E-state index in [1.807, 2.05) is 0 Å². The standard InChI is InChI=1S/C18H36N2/c1-4-17-8-6-7-13-20(17)15-18(14-19-5-2)11-9-16(3)10-12-18/h16-17,19H,4-15H2,1-3H3. The number of piperidine rings is 1. The van der Waals surface area contributed by atoms with Crippen LogP contribution in [-0.4, -0.2) is 37.1 Å². The van der Waals surface area contributed by atoms with Crippen molar-refractivity contribution < 1.29 is 0 Å². The topological polar surface area (TPSA) is 15.3 Å². The van der Waals surface area contributed by atoms with E-state index in [1.165, 1.54) is 71.0 Å². The summed E-state index contributed by atoms with van der Waals surface area (Å²) >= 11 is 0. The highest BCUT2D eigenvalue weighted by Crippen LogP contribution is 2.40. The van der Waals surface area contributed by atoms with Crippen LogP contribution in [0.15, 0.2) is 0 Å². The van der Waals surface area contributed by atoms with Gasteiger partial charge in [0.25, 0.3) is 0 Å². The zero-order valence-corrected chi connectivity index (χ0v) is 14.1. The molecule has 1 N–H and O–H groups in total. The lowest BCUT2D eigenvalue weighted by Gasteiger charge is -2.46. The lowest BCUT2D eigenvalue weighted by atomic mass is 9.70. The van der Waals surface area contributed by atoms with E-state index in [9.17, 15) is 0 Å². The highest BCUT2D eigenvalue weighted by molar-refractivity contribution is 4.91. The Morgan fingerprint density at radius 1 is 1.10 bits per heavy atom. The predicted molar refractivity (Wildman–Crippen MR) is 88.1 cm³/mol. The van der Waals surface area contributed by atoms with E-state index < -0.39 is 0 Å². The number of hydrogen-bond donors (Lipinski definition) is 1. The van der Waals surface area contributed by atoms with Crippen LogP contribution < -0.4 is 5.32 Å². The summed E-state index contributed by atoms with van der Waals surface area (Å²) < 4.78 is 0. The molecule has 1 unspecified atom stereocenters.